The molecule has 1 N–H and O–H groups in total. The summed E-state index contributed by atoms with van der Waals surface area (Å²) in [6.45, 7) is 5.75. The third-order valence-electron chi connectivity index (χ3n) is 5.96. The summed E-state index contributed by atoms with van der Waals surface area (Å²) in [4.78, 5) is 28.2. The predicted octanol–water partition coefficient (Wildman–Crippen LogP) is 4.04. The normalized spacial score (nSPS) is 18.2. The molecule has 0 bridgehead atoms. The lowest BCUT2D eigenvalue weighted by Crippen LogP contribution is -2.48. The van der Waals surface area contributed by atoms with Crippen LogP contribution in [0.3, 0.4) is 0 Å². The molecule has 0 saturated carbocycles. The number of nitrogens with one attached hydrogen (secondary N) is 1. The molecular weight excluding hydrogens is 420 g/mol. The zero-order chi connectivity index (χ0) is 23.8. The average Bonchev–Trinajstić information content (AvgIpc) is 2.83. The highest BCUT2D eigenvalue weighted by Gasteiger charge is 2.41. The van der Waals surface area contributed by atoms with Crippen LogP contribution in [0, 0.1) is 12.8 Å². The number of benzene rings is 2. The van der Waals surface area contributed by atoms with Crippen LogP contribution in [0.15, 0.2) is 42.5 Å². The summed E-state index contributed by atoms with van der Waals surface area (Å²) >= 11 is 0. The molecule has 0 aromatic heterocycles. The lowest BCUT2D eigenvalue weighted by atomic mass is 9.83. The Labute approximate surface area is 196 Å². The first kappa shape index (κ1) is 24.6. The summed E-state index contributed by atoms with van der Waals surface area (Å²) in [6, 6.07) is 12.9. The number of methoxy groups -OCH3 is 2. The second-order valence-corrected chi connectivity index (χ2v) is 8.15. The second kappa shape index (κ2) is 11.7. The minimum atomic E-state index is -0.458. The van der Waals surface area contributed by atoms with Gasteiger partial charge in [-0.15, -0.1) is 0 Å². The second-order valence-electron chi connectivity index (χ2n) is 8.15. The number of amides is 2. The lowest BCUT2D eigenvalue weighted by Gasteiger charge is -2.41. The quantitative estimate of drug-likeness (QED) is 0.549. The minimum absolute atomic E-state index is 0.000895. The number of ether oxygens (including phenoxy) is 3. The van der Waals surface area contributed by atoms with Crippen LogP contribution in [0.1, 0.15) is 43.4 Å². The molecule has 1 aliphatic heterocycles. The molecule has 7 heteroatoms. The third kappa shape index (κ3) is 5.85. The van der Waals surface area contributed by atoms with Gasteiger partial charge >= 0.3 is 0 Å². The average molecular weight is 455 g/mol. The molecule has 1 fully saturated rings. The summed E-state index contributed by atoms with van der Waals surface area (Å²) in [6.07, 6.45) is 1.54. The van der Waals surface area contributed by atoms with Gasteiger partial charge in [0.05, 0.1) is 26.2 Å². The van der Waals surface area contributed by atoms with E-state index in [9.17, 15) is 9.59 Å². The molecule has 0 aliphatic carbocycles. The van der Waals surface area contributed by atoms with Crippen LogP contribution in [0.2, 0.25) is 0 Å². The van der Waals surface area contributed by atoms with Crippen LogP contribution < -0.4 is 19.7 Å². The molecule has 2 atom stereocenters. The Kier molecular flexibility index (Phi) is 8.72. The Morgan fingerprint density at radius 3 is 2.48 bits per heavy atom. The number of rotatable bonds is 10. The Balaban J connectivity index is 1.96. The van der Waals surface area contributed by atoms with Gasteiger partial charge in [0.1, 0.15) is 0 Å². The maximum absolute atomic E-state index is 13.3. The number of carbonyl (C=O) groups is 2. The summed E-state index contributed by atoms with van der Waals surface area (Å²) in [5.74, 6) is 0.707. The van der Waals surface area contributed by atoms with Crippen molar-refractivity contribution in [2.24, 2.45) is 5.92 Å². The van der Waals surface area contributed by atoms with Gasteiger partial charge in [-0.2, -0.15) is 0 Å². The number of nitrogens with zero attached hydrogens (tertiary/aromatic N) is 1. The van der Waals surface area contributed by atoms with Crippen LogP contribution >= 0.6 is 0 Å². The zero-order valence-corrected chi connectivity index (χ0v) is 19.9. The van der Waals surface area contributed by atoms with Crippen molar-refractivity contribution >= 4 is 17.5 Å². The summed E-state index contributed by atoms with van der Waals surface area (Å²) in [5, 5.41) is 3.05. The Bertz CT molecular complexity index is 944. The first-order valence-corrected chi connectivity index (χ1v) is 11.5. The van der Waals surface area contributed by atoms with E-state index in [1.807, 2.05) is 56.3 Å². The third-order valence-corrected chi connectivity index (χ3v) is 5.96. The maximum Gasteiger partial charge on any atom is 0.227 e. The fraction of sp³-hybridized carbons (Fsp3) is 0.462. The van der Waals surface area contributed by atoms with E-state index in [0.29, 0.717) is 44.1 Å². The van der Waals surface area contributed by atoms with Gasteiger partial charge in [0.25, 0.3) is 0 Å². The fourth-order valence-electron chi connectivity index (χ4n) is 4.26. The van der Waals surface area contributed by atoms with E-state index >= 15 is 0 Å². The van der Waals surface area contributed by atoms with Gasteiger partial charge in [-0.05, 0) is 56.5 Å². The molecule has 2 unspecified atom stereocenters. The van der Waals surface area contributed by atoms with Crippen molar-refractivity contribution in [1.29, 1.82) is 0 Å². The summed E-state index contributed by atoms with van der Waals surface area (Å²) in [7, 11) is 3.16. The van der Waals surface area contributed by atoms with Crippen molar-refractivity contribution in [3.63, 3.8) is 0 Å². The van der Waals surface area contributed by atoms with E-state index in [-0.39, 0.29) is 11.8 Å². The number of aryl methyl sites for hydroxylation is 1. The van der Waals surface area contributed by atoms with E-state index < -0.39 is 12.0 Å². The molecule has 178 valence electrons. The monoisotopic (exact) mass is 454 g/mol. The van der Waals surface area contributed by atoms with Gasteiger partial charge < -0.3 is 24.4 Å². The summed E-state index contributed by atoms with van der Waals surface area (Å²) < 4.78 is 16.3. The van der Waals surface area contributed by atoms with Gasteiger partial charge in [0.2, 0.25) is 11.8 Å². The topological polar surface area (TPSA) is 77.1 Å². The molecule has 33 heavy (non-hydrogen) atoms. The molecule has 3 rings (SSSR count). The largest absolute Gasteiger partial charge is 0.493 e. The molecule has 0 spiro atoms. The van der Waals surface area contributed by atoms with Crippen molar-refractivity contribution in [2.45, 2.75) is 39.2 Å². The fourth-order valence-corrected chi connectivity index (χ4v) is 4.26. The highest BCUT2D eigenvalue weighted by atomic mass is 16.5. The maximum atomic E-state index is 13.3. The van der Waals surface area contributed by atoms with E-state index in [0.717, 1.165) is 23.2 Å². The van der Waals surface area contributed by atoms with Crippen LogP contribution in [0.4, 0.5) is 5.69 Å². The minimum Gasteiger partial charge on any atom is -0.493 e. The number of hydrogen-bond donors (Lipinski definition) is 1. The first-order chi connectivity index (χ1) is 16.0. The summed E-state index contributed by atoms with van der Waals surface area (Å²) in [5.41, 5.74) is 2.71. The van der Waals surface area contributed by atoms with Gasteiger partial charge in [-0.3, -0.25) is 9.59 Å². The van der Waals surface area contributed by atoms with E-state index in [2.05, 4.69) is 5.32 Å². The van der Waals surface area contributed by atoms with Gasteiger partial charge in [-0.1, -0.05) is 23.8 Å². The number of piperidine rings is 1. The highest BCUT2D eigenvalue weighted by Crippen LogP contribution is 2.42. The molecule has 2 aromatic carbocycles. The van der Waals surface area contributed by atoms with Crippen molar-refractivity contribution < 1.29 is 23.8 Å². The van der Waals surface area contributed by atoms with Crippen LogP contribution in [0.25, 0.3) is 0 Å². The molecule has 1 heterocycles. The van der Waals surface area contributed by atoms with E-state index in [1.54, 1.807) is 19.1 Å². The number of carbonyl (C=O) groups excluding carboxylic acids is 2. The molecule has 7 nitrogen and oxygen atoms in total. The van der Waals surface area contributed by atoms with Crippen LogP contribution in [-0.4, -0.2) is 45.8 Å². The smallest absolute Gasteiger partial charge is 0.227 e. The van der Waals surface area contributed by atoms with Crippen molar-refractivity contribution in [2.75, 3.05) is 38.9 Å². The van der Waals surface area contributed by atoms with Crippen molar-refractivity contribution in [3.05, 3.63) is 53.6 Å². The number of hydrogen-bond acceptors (Lipinski definition) is 5. The van der Waals surface area contributed by atoms with Crippen molar-refractivity contribution in [1.82, 2.24) is 5.32 Å². The number of anilines is 1. The molecule has 0 radical (unpaired) electrons. The van der Waals surface area contributed by atoms with Crippen molar-refractivity contribution in [3.8, 4) is 11.5 Å². The Hall–Kier alpha value is -3.06. The first-order valence-electron chi connectivity index (χ1n) is 11.5. The lowest BCUT2D eigenvalue weighted by molar-refractivity contribution is -0.129. The molecule has 2 aromatic rings. The Morgan fingerprint density at radius 1 is 1.09 bits per heavy atom. The highest BCUT2D eigenvalue weighted by molar-refractivity contribution is 5.97. The van der Waals surface area contributed by atoms with Gasteiger partial charge in [0.15, 0.2) is 11.5 Å². The molecule has 1 aliphatic rings. The zero-order valence-electron chi connectivity index (χ0n) is 19.9. The SMILES string of the molecule is CCOCCCNC(=O)C1CCC(=O)N(c2ccc(C)cc2)C1c1ccc(OC)c(OC)c1. The Morgan fingerprint density at radius 2 is 1.82 bits per heavy atom. The molecule has 2 amide bonds. The van der Waals surface area contributed by atoms with Gasteiger partial charge in [0, 0.05) is 31.9 Å². The molecule has 1 saturated heterocycles. The van der Waals surface area contributed by atoms with Gasteiger partial charge in [-0.25, -0.2) is 0 Å². The van der Waals surface area contributed by atoms with Crippen LogP contribution in [-0.2, 0) is 14.3 Å². The standard InChI is InChI=1S/C26H34N2O5/c1-5-33-16-6-15-27-26(30)21-12-14-24(29)28(20-10-7-18(2)8-11-20)25(21)19-9-13-22(31-3)23(17-19)32-4/h7-11,13,17,21,25H,5-6,12,14-16H2,1-4H3,(H,27,30). The van der Waals surface area contributed by atoms with Crippen LogP contribution in [0.5, 0.6) is 11.5 Å². The van der Waals surface area contributed by atoms with E-state index in [4.69, 9.17) is 14.2 Å². The van der Waals surface area contributed by atoms with E-state index in [1.165, 1.54) is 0 Å². The molecular formula is C26H34N2O5. The predicted molar refractivity (Wildman–Crippen MR) is 128 cm³/mol.